The van der Waals surface area contributed by atoms with Crippen LogP contribution in [-0.2, 0) is 9.53 Å². The van der Waals surface area contributed by atoms with Gasteiger partial charge in [-0.25, -0.2) is 0 Å². The number of nitrogens with one attached hydrogen (secondary N) is 1. The van der Waals surface area contributed by atoms with E-state index in [1.807, 2.05) is 11.8 Å². The number of likely N-dealkylation sites (tertiary alicyclic amines) is 1. The van der Waals surface area contributed by atoms with Gasteiger partial charge >= 0.3 is 0 Å². The maximum Gasteiger partial charge on any atom is 0.226 e. The van der Waals surface area contributed by atoms with Crippen LogP contribution in [0.5, 0.6) is 0 Å². The number of hydrogen-bond acceptors (Lipinski definition) is 3. The van der Waals surface area contributed by atoms with Crippen molar-refractivity contribution >= 4 is 5.91 Å². The highest BCUT2D eigenvalue weighted by Gasteiger charge is 2.31. The van der Waals surface area contributed by atoms with Crippen molar-refractivity contribution in [3.63, 3.8) is 0 Å². The van der Waals surface area contributed by atoms with Crippen molar-refractivity contribution in [2.45, 2.75) is 26.2 Å². The minimum absolute atomic E-state index is 0.217. The third-order valence-electron chi connectivity index (χ3n) is 3.80. The molecule has 98 valence electrons. The molecule has 0 aliphatic carbocycles. The summed E-state index contributed by atoms with van der Waals surface area (Å²) in [4.78, 5) is 14.3. The molecule has 2 aliphatic rings. The van der Waals surface area contributed by atoms with Gasteiger partial charge in [0.1, 0.15) is 0 Å². The topological polar surface area (TPSA) is 41.6 Å². The first-order valence-corrected chi connectivity index (χ1v) is 6.88. The molecule has 1 amide bonds. The van der Waals surface area contributed by atoms with Crippen LogP contribution in [0.3, 0.4) is 0 Å². The lowest BCUT2D eigenvalue weighted by molar-refractivity contribution is -0.135. The van der Waals surface area contributed by atoms with Crippen LogP contribution in [-0.4, -0.2) is 50.2 Å². The van der Waals surface area contributed by atoms with E-state index in [1.165, 1.54) is 0 Å². The largest absolute Gasteiger partial charge is 0.381 e. The minimum Gasteiger partial charge on any atom is -0.381 e. The van der Waals surface area contributed by atoms with Crippen molar-refractivity contribution in [1.82, 2.24) is 10.2 Å². The molecule has 0 radical (unpaired) electrons. The van der Waals surface area contributed by atoms with Crippen molar-refractivity contribution < 1.29 is 9.53 Å². The monoisotopic (exact) mass is 240 g/mol. The van der Waals surface area contributed by atoms with Gasteiger partial charge in [-0.15, -0.1) is 0 Å². The van der Waals surface area contributed by atoms with Crippen molar-refractivity contribution in [3.8, 4) is 0 Å². The molecule has 2 aliphatic heterocycles. The zero-order valence-corrected chi connectivity index (χ0v) is 10.8. The fraction of sp³-hybridized carbons (Fsp3) is 0.923. The standard InChI is InChI=1S/C13H24N2O2/c1-2-17-10-11-5-7-15(9-11)13(16)12-4-3-6-14-8-12/h11-12,14H,2-10H2,1H3. The average Bonchev–Trinajstić information content (AvgIpc) is 2.85. The molecule has 0 saturated carbocycles. The van der Waals surface area contributed by atoms with E-state index in [1.54, 1.807) is 0 Å². The number of hydrogen-bond donors (Lipinski definition) is 1. The number of carbonyl (C=O) groups is 1. The van der Waals surface area contributed by atoms with Gasteiger partial charge in [0.15, 0.2) is 0 Å². The molecule has 2 rings (SSSR count). The van der Waals surface area contributed by atoms with Crippen LogP contribution in [0.2, 0.25) is 0 Å². The van der Waals surface area contributed by atoms with Gasteiger partial charge in [0.25, 0.3) is 0 Å². The molecule has 2 unspecified atom stereocenters. The molecule has 1 N–H and O–H groups in total. The molecule has 2 fully saturated rings. The van der Waals surface area contributed by atoms with E-state index in [0.29, 0.717) is 11.8 Å². The van der Waals surface area contributed by atoms with E-state index in [0.717, 1.165) is 58.7 Å². The Morgan fingerprint density at radius 2 is 2.35 bits per heavy atom. The zero-order chi connectivity index (χ0) is 12.1. The quantitative estimate of drug-likeness (QED) is 0.793. The highest BCUT2D eigenvalue weighted by atomic mass is 16.5. The summed E-state index contributed by atoms with van der Waals surface area (Å²) >= 11 is 0. The first-order chi connectivity index (χ1) is 8.31. The Kier molecular flexibility index (Phi) is 4.80. The lowest BCUT2D eigenvalue weighted by atomic mass is 9.98. The first kappa shape index (κ1) is 12.8. The van der Waals surface area contributed by atoms with Crippen molar-refractivity contribution in [2.24, 2.45) is 11.8 Å². The lowest BCUT2D eigenvalue weighted by Crippen LogP contribution is -2.42. The molecule has 17 heavy (non-hydrogen) atoms. The molecular weight excluding hydrogens is 216 g/mol. The van der Waals surface area contributed by atoms with Gasteiger partial charge in [0.05, 0.1) is 12.5 Å². The SMILES string of the molecule is CCOCC1CCN(C(=O)C2CCCNC2)C1. The Morgan fingerprint density at radius 3 is 3.06 bits per heavy atom. The van der Waals surface area contributed by atoms with Gasteiger partial charge in [-0.1, -0.05) is 0 Å². The second kappa shape index (κ2) is 6.36. The number of piperidine rings is 1. The van der Waals surface area contributed by atoms with Gasteiger partial charge < -0.3 is 15.0 Å². The zero-order valence-electron chi connectivity index (χ0n) is 10.8. The van der Waals surface area contributed by atoms with Crippen LogP contribution in [0.4, 0.5) is 0 Å². The molecule has 0 spiro atoms. The molecular formula is C13H24N2O2. The predicted molar refractivity (Wildman–Crippen MR) is 66.8 cm³/mol. The molecule has 0 aromatic heterocycles. The van der Waals surface area contributed by atoms with E-state index < -0.39 is 0 Å². The van der Waals surface area contributed by atoms with E-state index >= 15 is 0 Å². The molecule has 0 bridgehead atoms. The smallest absolute Gasteiger partial charge is 0.226 e. The summed E-state index contributed by atoms with van der Waals surface area (Å²) in [7, 11) is 0. The van der Waals surface area contributed by atoms with Crippen molar-refractivity contribution in [2.75, 3.05) is 39.4 Å². The number of amides is 1. The van der Waals surface area contributed by atoms with E-state index in [9.17, 15) is 4.79 Å². The lowest BCUT2D eigenvalue weighted by Gasteiger charge is -2.26. The van der Waals surface area contributed by atoms with Crippen LogP contribution in [0.1, 0.15) is 26.2 Å². The summed E-state index contributed by atoms with van der Waals surface area (Å²) in [6.07, 6.45) is 3.29. The fourth-order valence-electron chi connectivity index (χ4n) is 2.77. The molecule has 2 saturated heterocycles. The summed E-state index contributed by atoms with van der Waals surface area (Å²) in [5.41, 5.74) is 0. The number of rotatable bonds is 4. The van der Waals surface area contributed by atoms with Crippen molar-refractivity contribution in [3.05, 3.63) is 0 Å². The van der Waals surface area contributed by atoms with Gasteiger partial charge in [-0.2, -0.15) is 0 Å². The normalized spacial score (nSPS) is 29.6. The fourth-order valence-corrected chi connectivity index (χ4v) is 2.77. The summed E-state index contributed by atoms with van der Waals surface area (Å²) in [5.74, 6) is 1.13. The molecule has 2 atom stereocenters. The maximum atomic E-state index is 12.3. The van der Waals surface area contributed by atoms with E-state index in [4.69, 9.17) is 4.74 Å². The summed E-state index contributed by atoms with van der Waals surface area (Å²) < 4.78 is 5.44. The Bertz CT molecular complexity index is 252. The minimum atomic E-state index is 0.217. The molecule has 0 aromatic carbocycles. The third-order valence-corrected chi connectivity index (χ3v) is 3.80. The molecule has 4 nitrogen and oxygen atoms in total. The molecule has 2 heterocycles. The molecule has 0 aromatic rings. The maximum absolute atomic E-state index is 12.3. The van der Waals surface area contributed by atoms with Crippen LogP contribution in [0.25, 0.3) is 0 Å². The van der Waals surface area contributed by atoms with E-state index in [2.05, 4.69) is 5.32 Å². The second-order valence-electron chi connectivity index (χ2n) is 5.14. The highest BCUT2D eigenvalue weighted by molar-refractivity contribution is 5.79. The van der Waals surface area contributed by atoms with Crippen LogP contribution in [0.15, 0.2) is 0 Å². The number of carbonyl (C=O) groups excluding carboxylic acids is 1. The first-order valence-electron chi connectivity index (χ1n) is 6.88. The summed E-state index contributed by atoms with van der Waals surface area (Å²) in [6.45, 7) is 7.36. The van der Waals surface area contributed by atoms with E-state index in [-0.39, 0.29) is 5.92 Å². The molecule has 4 heteroatoms. The number of ether oxygens (including phenoxy) is 1. The second-order valence-corrected chi connectivity index (χ2v) is 5.14. The van der Waals surface area contributed by atoms with Gasteiger partial charge in [0, 0.05) is 32.2 Å². The average molecular weight is 240 g/mol. The highest BCUT2D eigenvalue weighted by Crippen LogP contribution is 2.21. The third kappa shape index (κ3) is 3.42. The Morgan fingerprint density at radius 1 is 1.47 bits per heavy atom. The van der Waals surface area contributed by atoms with Gasteiger partial charge in [-0.3, -0.25) is 4.79 Å². The predicted octanol–water partition coefficient (Wildman–Crippen LogP) is 0.871. The Labute approximate surface area is 104 Å². The Hall–Kier alpha value is -0.610. The van der Waals surface area contributed by atoms with Gasteiger partial charge in [0.2, 0.25) is 5.91 Å². The van der Waals surface area contributed by atoms with Crippen molar-refractivity contribution in [1.29, 1.82) is 0 Å². The Balaban J connectivity index is 1.76. The number of nitrogens with zero attached hydrogens (tertiary/aromatic N) is 1. The van der Waals surface area contributed by atoms with Crippen LogP contribution < -0.4 is 5.32 Å². The van der Waals surface area contributed by atoms with Crippen LogP contribution in [0, 0.1) is 11.8 Å². The van der Waals surface area contributed by atoms with Crippen LogP contribution >= 0.6 is 0 Å². The van der Waals surface area contributed by atoms with Gasteiger partial charge in [-0.05, 0) is 32.7 Å². The summed E-state index contributed by atoms with van der Waals surface area (Å²) in [5, 5.41) is 3.31. The summed E-state index contributed by atoms with van der Waals surface area (Å²) in [6, 6.07) is 0.